The van der Waals surface area contributed by atoms with E-state index in [0.717, 1.165) is 13.1 Å². The van der Waals surface area contributed by atoms with Gasteiger partial charge >= 0.3 is 6.18 Å². The van der Waals surface area contributed by atoms with Crippen LogP contribution in [0.15, 0.2) is 29.7 Å². The first-order chi connectivity index (χ1) is 12.4. The van der Waals surface area contributed by atoms with Gasteiger partial charge in [-0.1, -0.05) is 20.8 Å². The minimum atomic E-state index is -4.86. The number of carbonyl (C=O) groups excluding carboxylic acids is 1. The molecule has 2 atom stereocenters. The first kappa shape index (κ1) is 21.1. The van der Waals surface area contributed by atoms with E-state index in [1.165, 1.54) is 12.1 Å². The number of rotatable bonds is 5. The van der Waals surface area contributed by atoms with Gasteiger partial charge in [0.05, 0.1) is 5.57 Å². The van der Waals surface area contributed by atoms with Gasteiger partial charge in [-0.3, -0.25) is 9.80 Å². The summed E-state index contributed by atoms with van der Waals surface area (Å²) in [5.41, 5.74) is 1.42. The number of hydrogen-bond acceptors (Lipinski definition) is 3. The number of amides is 1. The Balaban J connectivity index is 2.35. The van der Waals surface area contributed by atoms with Crippen LogP contribution in [0.3, 0.4) is 0 Å². The lowest BCUT2D eigenvalue weighted by Gasteiger charge is -2.21. The monoisotopic (exact) mass is 391 g/mol. The van der Waals surface area contributed by atoms with Crippen LogP contribution >= 0.6 is 0 Å². The van der Waals surface area contributed by atoms with Gasteiger partial charge in [0, 0.05) is 12.7 Å². The van der Waals surface area contributed by atoms with E-state index in [1.807, 2.05) is 26.2 Å². The second-order valence-electron chi connectivity index (χ2n) is 7.08. The number of benzene rings is 1. The molecule has 1 aromatic rings. The number of hydrogen-bond donors (Lipinski definition) is 2. The predicted molar refractivity (Wildman–Crippen MR) is 91.8 cm³/mol. The van der Waals surface area contributed by atoms with Crippen molar-refractivity contribution in [1.82, 2.24) is 10.4 Å². The molecule has 0 saturated heterocycles. The van der Waals surface area contributed by atoms with E-state index >= 15 is 0 Å². The van der Waals surface area contributed by atoms with E-state index in [2.05, 4.69) is 5.32 Å². The number of hydrazine groups is 1. The van der Waals surface area contributed by atoms with E-state index in [0.29, 0.717) is 17.0 Å². The van der Waals surface area contributed by atoms with Crippen LogP contribution in [0.2, 0.25) is 0 Å². The van der Waals surface area contributed by atoms with Crippen molar-refractivity contribution in [3.05, 3.63) is 41.1 Å². The van der Waals surface area contributed by atoms with Crippen LogP contribution in [-0.4, -0.2) is 30.2 Å². The Labute approximate surface area is 154 Å². The van der Waals surface area contributed by atoms with Crippen LogP contribution in [0.4, 0.5) is 27.6 Å². The minimum absolute atomic E-state index is 0.155. The van der Waals surface area contributed by atoms with Crippen molar-refractivity contribution in [3.8, 4) is 0 Å². The van der Waals surface area contributed by atoms with Crippen LogP contribution in [0, 0.1) is 11.7 Å². The molecule has 150 valence electrons. The van der Waals surface area contributed by atoms with Crippen LogP contribution in [0.5, 0.6) is 0 Å². The van der Waals surface area contributed by atoms with Gasteiger partial charge in [0.15, 0.2) is 6.04 Å². The number of nitrogens with one attached hydrogen (secondary N) is 2. The fourth-order valence-corrected chi connectivity index (χ4v) is 3.16. The van der Waals surface area contributed by atoms with E-state index in [1.54, 1.807) is 0 Å². The predicted octanol–water partition coefficient (Wildman–Crippen LogP) is 4.48. The first-order valence-corrected chi connectivity index (χ1v) is 8.48. The lowest BCUT2D eigenvalue weighted by Crippen LogP contribution is -2.46. The van der Waals surface area contributed by atoms with E-state index in [9.17, 15) is 26.7 Å². The standard InChI is InChI=1S/C18H22F5N3O/c1-9(2)7-10(3)12-8-11(19)5-6-13(12)24-17(27)14-15(18(21,22)23)25-26(4)16(14)20/h5-6,8-10,15,25H,7H2,1-4H3,(H,24,27). The van der Waals surface area contributed by atoms with Crippen LogP contribution in [0.1, 0.15) is 38.7 Å². The first-order valence-electron chi connectivity index (χ1n) is 8.48. The molecule has 1 aliphatic heterocycles. The van der Waals surface area contributed by atoms with E-state index in [-0.39, 0.29) is 17.5 Å². The largest absolute Gasteiger partial charge is 0.409 e. The highest BCUT2D eigenvalue weighted by molar-refractivity contribution is 6.05. The molecule has 2 rings (SSSR count). The molecule has 1 heterocycles. The quantitative estimate of drug-likeness (QED) is 0.575. The van der Waals surface area contributed by atoms with Gasteiger partial charge in [-0.2, -0.15) is 17.6 Å². The lowest BCUT2D eigenvalue weighted by molar-refractivity contribution is -0.153. The van der Waals surface area contributed by atoms with Gasteiger partial charge in [0.1, 0.15) is 5.82 Å². The molecule has 9 heteroatoms. The summed E-state index contributed by atoms with van der Waals surface area (Å²) in [5.74, 6) is -2.93. The summed E-state index contributed by atoms with van der Waals surface area (Å²) in [7, 11) is 1.04. The molecule has 2 unspecified atom stereocenters. The number of anilines is 1. The van der Waals surface area contributed by atoms with E-state index in [4.69, 9.17) is 0 Å². The Morgan fingerprint density at radius 3 is 2.44 bits per heavy atom. The fraction of sp³-hybridized carbons (Fsp3) is 0.500. The SMILES string of the molecule is CC(C)CC(C)c1cc(F)ccc1NC(=O)C1=C(F)N(C)NC1C(F)(F)F. The fourth-order valence-electron chi connectivity index (χ4n) is 3.16. The molecule has 0 spiro atoms. The van der Waals surface area contributed by atoms with Crippen molar-refractivity contribution >= 4 is 11.6 Å². The van der Waals surface area contributed by atoms with Crippen molar-refractivity contribution in [2.45, 2.75) is 45.3 Å². The van der Waals surface area contributed by atoms with Crippen molar-refractivity contribution in [2.75, 3.05) is 12.4 Å². The molecular weight excluding hydrogens is 369 g/mol. The maximum absolute atomic E-state index is 14.1. The molecule has 2 N–H and O–H groups in total. The Bertz CT molecular complexity index is 745. The van der Waals surface area contributed by atoms with Crippen molar-refractivity contribution in [3.63, 3.8) is 0 Å². The van der Waals surface area contributed by atoms with Crippen molar-refractivity contribution in [1.29, 1.82) is 0 Å². The maximum atomic E-state index is 14.1. The molecule has 0 saturated carbocycles. The zero-order valence-electron chi connectivity index (χ0n) is 15.4. The molecule has 0 fully saturated rings. The number of carbonyl (C=O) groups is 1. The second-order valence-corrected chi connectivity index (χ2v) is 7.08. The summed E-state index contributed by atoms with van der Waals surface area (Å²) >= 11 is 0. The molecule has 0 aromatic heterocycles. The molecule has 0 aliphatic carbocycles. The maximum Gasteiger partial charge on any atom is 0.409 e. The van der Waals surface area contributed by atoms with Crippen molar-refractivity contribution in [2.24, 2.45) is 5.92 Å². The van der Waals surface area contributed by atoms with Gasteiger partial charge in [-0.15, -0.1) is 0 Å². The third kappa shape index (κ3) is 4.77. The zero-order valence-corrected chi connectivity index (χ0v) is 15.4. The molecule has 0 radical (unpaired) electrons. The second kappa shape index (κ2) is 7.84. The van der Waals surface area contributed by atoms with E-state index < -0.39 is 35.5 Å². The van der Waals surface area contributed by atoms with Crippen LogP contribution in [-0.2, 0) is 4.79 Å². The van der Waals surface area contributed by atoms with Gasteiger partial charge in [-0.05, 0) is 42.0 Å². The summed E-state index contributed by atoms with van der Waals surface area (Å²) in [6.45, 7) is 5.78. The normalized spacial score (nSPS) is 19.0. The highest BCUT2D eigenvalue weighted by atomic mass is 19.4. The number of nitrogens with zero attached hydrogens (tertiary/aromatic N) is 1. The summed E-state index contributed by atoms with van der Waals surface area (Å²) in [5, 5.41) is 2.83. The Morgan fingerprint density at radius 1 is 1.26 bits per heavy atom. The van der Waals surface area contributed by atoms with Crippen LogP contribution in [0.25, 0.3) is 0 Å². The minimum Gasteiger partial charge on any atom is -0.322 e. The highest BCUT2D eigenvalue weighted by Gasteiger charge is 2.50. The topological polar surface area (TPSA) is 44.4 Å². The summed E-state index contributed by atoms with van der Waals surface area (Å²) in [6, 6.07) is 1.13. The number of alkyl halides is 3. The summed E-state index contributed by atoms with van der Waals surface area (Å²) in [6.07, 6.45) is -4.18. The molecular formula is C18H22F5N3O. The molecule has 1 amide bonds. The van der Waals surface area contributed by atoms with Gasteiger partial charge < -0.3 is 5.32 Å². The average Bonchev–Trinajstić information content (AvgIpc) is 2.84. The Kier molecular flexibility index (Phi) is 6.14. The molecule has 4 nitrogen and oxygen atoms in total. The third-order valence-electron chi connectivity index (χ3n) is 4.32. The van der Waals surface area contributed by atoms with Gasteiger partial charge in [0.2, 0.25) is 5.95 Å². The molecule has 1 aromatic carbocycles. The average molecular weight is 391 g/mol. The molecule has 27 heavy (non-hydrogen) atoms. The zero-order chi connectivity index (χ0) is 20.5. The smallest absolute Gasteiger partial charge is 0.322 e. The van der Waals surface area contributed by atoms with Crippen LogP contribution < -0.4 is 10.7 Å². The summed E-state index contributed by atoms with van der Waals surface area (Å²) < 4.78 is 67.2. The Hall–Kier alpha value is -2.16. The lowest BCUT2D eigenvalue weighted by atomic mass is 9.90. The number of halogens is 5. The highest BCUT2D eigenvalue weighted by Crippen LogP contribution is 2.35. The van der Waals surface area contributed by atoms with Gasteiger partial charge in [-0.25, -0.2) is 9.82 Å². The van der Waals surface area contributed by atoms with Crippen molar-refractivity contribution < 1.29 is 26.7 Å². The summed E-state index contributed by atoms with van der Waals surface area (Å²) in [4.78, 5) is 12.4. The Morgan fingerprint density at radius 2 is 1.89 bits per heavy atom. The van der Waals surface area contributed by atoms with Gasteiger partial charge in [0.25, 0.3) is 5.91 Å². The molecule has 1 aliphatic rings. The molecule has 0 bridgehead atoms. The third-order valence-corrected chi connectivity index (χ3v) is 4.32.